The van der Waals surface area contributed by atoms with Gasteiger partial charge in [-0.05, 0) is 35.7 Å². The van der Waals surface area contributed by atoms with Gasteiger partial charge in [0, 0.05) is 21.0 Å². The molecule has 0 aliphatic rings. The first-order valence-electron chi connectivity index (χ1n) is 6.79. The van der Waals surface area contributed by atoms with E-state index in [1.54, 1.807) is 18.2 Å². The average molecular weight is 394 g/mol. The van der Waals surface area contributed by atoms with Gasteiger partial charge in [-0.25, -0.2) is 0 Å². The lowest BCUT2D eigenvalue weighted by molar-refractivity contribution is 0.293. The van der Waals surface area contributed by atoms with Crippen LogP contribution in [0.3, 0.4) is 0 Å². The summed E-state index contributed by atoms with van der Waals surface area (Å²) in [6, 6.07) is 12.5. The molecule has 0 heterocycles. The number of hydrogen-bond donors (Lipinski definition) is 0. The molecule has 3 nitrogen and oxygen atoms in total. The highest BCUT2D eigenvalue weighted by Gasteiger charge is 2.19. The second-order valence-corrected chi connectivity index (χ2v) is 8.04. The topological polar surface area (TPSA) is 43.4 Å². The van der Waals surface area contributed by atoms with E-state index in [1.165, 1.54) is 0 Å². The summed E-state index contributed by atoms with van der Waals surface area (Å²) >= 11 is 18.4. The monoisotopic (exact) mass is 392 g/mol. The zero-order chi connectivity index (χ0) is 17.0. The molecule has 1 unspecified atom stereocenters. The van der Waals surface area contributed by atoms with Gasteiger partial charge in [0.1, 0.15) is 0 Å². The Morgan fingerprint density at radius 1 is 1.04 bits per heavy atom. The number of halogens is 3. The van der Waals surface area contributed by atoms with Crippen molar-refractivity contribution in [1.29, 1.82) is 0 Å². The fraction of sp³-hybridized carbons (Fsp3) is 0.250. The van der Waals surface area contributed by atoms with Crippen LogP contribution in [0.5, 0.6) is 0 Å². The quantitative estimate of drug-likeness (QED) is 0.652. The molecule has 0 amide bonds. The third kappa shape index (κ3) is 5.66. The Labute approximate surface area is 151 Å². The minimum absolute atomic E-state index is 0.0124. The smallest absolute Gasteiger partial charge is 0.264 e. The molecule has 0 spiro atoms. The summed E-state index contributed by atoms with van der Waals surface area (Å²) in [7, 11) is -3.55. The van der Waals surface area contributed by atoms with Crippen LogP contribution in [0.15, 0.2) is 42.5 Å². The van der Waals surface area contributed by atoms with Gasteiger partial charge in [-0.2, -0.15) is 8.42 Å². The third-order valence-corrected chi connectivity index (χ3v) is 4.81. The Kier molecular flexibility index (Phi) is 6.34. The van der Waals surface area contributed by atoms with E-state index in [0.717, 1.165) is 17.4 Å². The SMILES string of the molecule is CS(=O)(=O)OCC(Cc1ccc(Cl)cc1Cl)c1ccccc1Cl. The van der Waals surface area contributed by atoms with Crippen LogP contribution in [0.25, 0.3) is 0 Å². The highest BCUT2D eigenvalue weighted by molar-refractivity contribution is 7.85. The molecule has 0 bridgehead atoms. The Hall–Kier alpha value is -0.780. The normalized spacial score (nSPS) is 13.0. The second kappa shape index (κ2) is 7.86. The van der Waals surface area contributed by atoms with E-state index in [4.69, 9.17) is 39.0 Å². The van der Waals surface area contributed by atoms with E-state index in [0.29, 0.717) is 21.5 Å². The Balaban J connectivity index is 2.31. The fourth-order valence-corrected chi connectivity index (χ4v) is 3.41. The van der Waals surface area contributed by atoms with Gasteiger partial charge in [-0.3, -0.25) is 4.18 Å². The maximum Gasteiger partial charge on any atom is 0.264 e. The van der Waals surface area contributed by atoms with Gasteiger partial charge in [0.05, 0.1) is 12.9 Å². The highest BCUT2D eigenvalue weighted by atomic mass is 35.5. The number of benzene rings is 2. The van der Waals surface area contributed by atoms with Crippen molar-refractivity contribution in [2.75, 3.05) is 12.9 Å². The first kappa shape index (κ1) is 18.6. The first-order chi connectivity index (χ1) is 10.8. The number of rotatable bonds is 6. The molecule has 2 rings (SSSR count). The third-order valence-electron chi connectivity index (χ3n) is 3.31. The molecule has 7 heteroatoms. The van der Waals surface area contributed by atoms with Crippen LogP contribution in [0.2, 0.25) is 15.1 Å². The Morgan fingerprint density at radius 3 is 2.35 bits per heavy atom. The van der Waals surface area contributed by atoms with Crippen molar-refractivity contribution < 1.29 is 12.6 Å². The van der Waals surface area contributed by atoms with Crippen LogP contribution in [0.4, 0.5) is 0 Å². The highest BCUT2D eigenvalue weighted by Crippen LogP contribution is 2.31. The van der Waals surface area contributed by atoms with Crippen molar-refractivity contribution in [3.8, 4) is 0 Å². The molecule has 0 saturated carbocycles. The lowest BCUT2D eigenvalue weighted by atomic mass is 9.92. The van der Waals surface area contributed by atoms with E-state index < -0.39 is 10.1 Å². The molecule has 124 valence electrons. The van der Waals surface area contributed by atoms with Crippen molar-refractivity contribution in [3.05, 3.63) is 68.7 Å². The van der Waals surface area contributed by atoms with Gasteiger partial charge in [0.2, 0.25) is 0 Å². The molecule has 23 heavy (non-hydrogen) atoms. The van der Waals surface area contributed by atoms with E-state index in [2.05, 4.69) is 0 Å². The molecule has 0 aromatic heterocycles. The largest absolute Gasteiger partial charge is 0.270 e. The zero-order valence-electron chi connectivity index (χ0n) is 12.3. The second-order valence-electron chi connectivity index (χ2n) is 5.15. The van der Waals surface area contributed by atoms with Crippen LogP contribution in [0, 0.1) is 0 Å². The molecule has 0 radical (unpaired) electrons. The maximum atomic E-state index is 11.3. The molecule has 2 aromatic rings. The van der Waals surface area contributed by atoms with Crippen molar-refractivity contribution in [3.63, 3.8) is 0 Å². The fourth-order valence-electron chi connectivity index (χ4n) is 2.22. The molecular weight excluding hydrogens is 379 g/mol. The van der Waals surface area contributed by atoms with Crippen molar-refractivity contribution in [2.24, 2.45) is 0 Å². The van der Waals surface area contributed by atoms with Gasteiger partial charge in [0.25, 0.3) is 10.1 Å². The molecular formula is C16H15Cl3O3S. The van der Waals surface area contributed by atoms with Gasteiger partial charge in [-0.15, -0.1) is 0 Å². The van der Waals surface area contributed by atoms with E-state index in [-0.39, 0.29) is 12.5 Å². The van der Waals surface area contributed by atoms with Crippen LogP contribution < -0.4 is 0 Å². The van der Waals surface area contributed by atoms with Crippen LogP contribution in [0.1, 0.15) is 17.0 Å². The van der Waals surface area contributed by atoms with Crippen molar-refractivity contribution in [1.82, 2.24) is 0 Å². The zero-order valence-corrected chi connectivity index (χ0v) is 15.4. The Bertz CT molecular complexity index is 791. The van der Waals surface area contributed by atoms with E-state index in [1.807, 2.05) is 24.3 Å². The predicted octanol–water partition coefficient (Wildman–Crippen LogP) is 4.95. The van der Waals surface area contributed by atoms with Crippen molar-refractivity contribution in [2.45, 2.75) is 12.3 Å². The summed E-state index contributed by atoms with van der Waals surface area (Å²) in [4.78, 5) is 0. The molecule has 1 atom stereocenters. The summed E-state index contributed by atoms with van der Waals surface area (Å²) in [6.45, 7) is -0.0124. The van der Waals surface area contributed by atoms with Gasteiger partial charge < -0.3 is 0 Å². The first-order valence-corrected chi connectivity index (χ1v) is 9.74. The summed E-state index contributed by atoms with van der Waals surface area (Å²) in [5.41, 5.74) is 1.65. The standard InChI is InChI=1S/C16H15Cl3O3S/c1-23(20,21)22-10-12(14-4-2-3-5-15(14)18)8-11-6-7-13(17)9-16(11)19/h2-7,9,12H,8,10H2,1H3. The van der Waals surface area contributed by atoms with Crippen LogP contribution in [-0.4, -0.2) is 21.3 Å². The molecule has 0 N–H and O–H groups in total. The molecule has 0 aliphatic carbocycles. The molecule has 0 fully saturated rings. The summed E-state index contributed by atoms with van der Waals surface area (Å²) < 4.78 is 27.6. The molecule has 2 aromatic carbocycles. The van der Waals surface area contributed by atoms with E-state index in [9.17, 15) is 8.42 Å². The van der Waals surface area contributed by atoms with Gasteiger partial charge >= 0.3 is 0 Å². The van der Waals surface area contributed by atoms with Crippen LogP contribution in [-0.2, 0) is 20.7 Å². The van der Waals surface area contributed by atoms with Crippen LogP contribution >= 0.6 is 34.8 Å². The number of hydrogen-bond acceptors (Lipinski definition) is 3. The maximum absolute atomic E-state index is 11.3. The predicted molar refractivity (Wildman–Crippen MR) is 95.2 cm³/mol. The van der Waals surface area contributed by atoms with E-state index >= 15 is 0 Å². The minimum Gasteiger partial charge on any atom is -0.270 e. The average Bonchev–Trinajstić information content (AvgIpc) is 2.45. The lowest BCUT2D eigenvalue weighted by Crippen LogP contribution is -2.15. The summed E-state index contributed by atoms with van der Waals surface area (Å²) in [5, 5.41) is 1.62. The molecule has 0 aliphatic heterocycles. The summed E-state index contributed by atoms with van der Waals surface area (Å²) in [5.74, 6) is -0.253. The minimum atomic E-state index is -3.55. The van der Waals surface area contributed by atoms with Crippen molar-refractivity contribution >= 4 is 44.9 Å². The Morgan fingerprint density at radius 2 is 1.74 bits per heavy atom. The van der Waals surface area contributed by atoms with Gasteiger partial charge in [0.15, 0.2) is 0 Å². The molecule has 0 saturated heterocycles. The van der Waals surface area contributed by atoms with Gasteiger partial charge in [-0.1, -0.05) is 59.1 Å². The lowest BCUT2D eigenvalue weighted by Gasteiger charge is -2.19. The summed E-state index contributed by atoms with van der Waals surface area (Å²) in [6.07, 6.45) is 1.50.